The van der Waals surface area contributed by atoms with Crippen LogP contribution in [-0.2, 0) is 9.59 Å². The highest BCUT2D eigenvalue weighted by Crippen LogP contribution is 2.37. The maximum absolute atomic E-state index is 11.6. The number of rotatable bonds is 7. The Hall–Kier alpha value is -2.75. The summed E-state index contributed by atoms with van der Waals surface area (Å²) < 4.78 is 15.7. The monoisotopic (exact) mass is 367 g/mol. The van der Waals surface area contributed by atoms with Crippen LogP contribution in [0.5, 0.6) is 17.2 Å². The predicted octanol–water partition coefficient (Wildman–Crippen LogP) is 1.11. The molecule has 1 heterocycles. The molecule has 25 heavy (non-hydrogen) atoms. The van der Waals surface area contributed by atoms with E-state index >= 15 is 0 Å². The van der Waals surface area contributed by atoms with E-state index in [2.05, 4.69) is 15.5 Å². The van der Waals surface area contributed by atoms with Crippen molar-refractivity contribution >= 4 is 35.0 Å². The number of methoxy groups -OCH3 is 3. The van der Waals surface area contributed by atoms with Gasteiger partial charge in [0.05, 0.1) is 34.0 Å². The van der Waals surface area contributed by atoms with Gasteiger partial charge in [-0.3, -0.25) is 9.59 Å². The lowest BCUT2D eigenvalue weighted by Gasteiger charge is -2.12. The quantitative estimate of drug-likeness (QED) is 0.547. The molecule has 0 spiro atoms. The SMILES string of the molecule is COc1cc(/C=N/N=C2/NC(=O)C(CC(=O)O)S2)cc(OC)c1OC. The largest absolute Gasteiger partial charge is 0.493 e. The summed E-state index contributed by atoms with van der Waals surface area (Å²) in [5, 5.41) is 18.6. The molecular formula is C15H17N3O6S. The van der Waals surface area contributed by atoms with Gasteiger partial charge in [0, 0.05) is 5.56 Å². The number of carboxylic acid groups (broad SMARTS) is 1. The van der Waals surface area contributed by atoms with E-state index in [9.17, 15) is 9.59 Å². The molecule has 0 bridgehead atoms. The van der Waals surface area contributed by atoms with E-state index in [1.54, 1.807) is 12.1 Å². The van der Waals surface area contributed by atoms with Crippen LogP contribution in [0.1, 0.15) is 12.0 Å². The Bertz CT molecular complexity index is 709. The van der Waals surface area contributed by atoms with Gasteiger partial charge in [0.1, 0.15) is 5.25 Å². The number of hydrogen-bond donors (Lipinski definition) is 2. The maximum atomic E-state index is 11.6. The third-order valence-corrected chi connectivity index (χ3v) is 4.25. The van der Waals surface area contributed by atoms with Crippen LogP contribution in [0.15, 0.2) is 22.3 Å². The number of ether oxygens (including phenoxy) is 3. The average Bonchev–Trinajstić information content (AvgIpc) is 2.92. The van der Waals surface area contributed by atoms with E-state index in [0.717, 1.165) is 11.8 Å². The van der Waals surface area contributed by atoms with Crippen LogP contribution in [0, 0.1) is 0 Å². The molecule has 1 atom stereocenters. The summed E-state index contributed by atoms with van der Waals surface area (Å²) in [6.45, 7) is 0. The molecule has 1 aliphatic rings. The van der Waals surface area contributed by atoms with Crippen molar-refractivity contribution in [3.63, 3.8) is 0 Å². The van der Waals surface area contributed by atoms with Gasteiger partial charge in [-0.05, 0) is 12.1 Å². The highest BCUT2D eigenvalue weighted by Gasteiger charge is 2.32. The number of aliphatic carboxylic acids is 1. The molecule has 1 aromatic carbocycles. The van der Waals surface area contributed by atoms with Crippen LogP contribution in [0.3, 0.4) is 0 Å². The normalized spacial score (nSPS) is 18.4. The minimum absolute atomic E-state index is 0.250. The lowest BCUT2D eigenvalue weighted by atomic mass is 10.2. The number of amidine groups is 1. The Labute approximate surface area is 148 Å². The van der Waals surface area contributed by atoms with Crippen molar-refractivity contribution in [2.75, 3.05) is 21.3 Å². The summed E-state index contributed by atoms with van der Waals surface area (Å²) in [7, 11) is 4.52. The van der Waals surface area contributed by atoms with Crippen molar-refractivity contribution in [3.05, 3.63) is 17.7 Å². The molecule has 2 rings (SSSR count). The summed E-state index contributed by atoms with van der Waals surface area (Å²) in [5.74, 6) is -0.0328. The first-order chi connectivity index (χ1) is 12.0. The van der Waals surface area contributed by atoms with E-state index < -0.39 is 17.1 Å². The summed E-state index contributed by atoms with van der Waals surface area (Å²) in [5.41, 5.74) is 0.648. The number of hydrogen-bond acceptors (Lipinski definition) is 8. The van der Waals surface area contributed by atoms with Crippen LogP contribution < -0.4 is 19.5 Å². The van der Waals surface area contributed by atoms with E-state index in [-0.39, 0.29) is 11.6 Å². The Morgan fingerprint density at radius 1 is 1.28 bits per heavy atom. The Kier molecular flexibility index (Phi) is 6.23. The molecule has 1 aromatic rings. The summed E-state index contributed by atoms with van der Waals surface area (Å²) in [6, 6.07) is 3.39. The topological polar surface area (TPSA) is 119 Å². The zero-order chi connectivity index (χ0) is 18.4. The molecule has 0 aromatic heterocycles. The molecule has 0 saturated carbocycles. The molecule has 9 nitrogen and oxygen atoms in total. The first kappa shape index (κ1) is 18.6. The van der Waals surface area contributed by atoms with Gasteiger partial charge >= 0.3 is 5.97 Å². The number of nitrogens with one attached hydrogen (secondary N) is 1. The second-order valence-electron chi connectivity index (χ2n) is 4.80. The van der Waals surface area contributed by atoms with Gasteiger partial charge in [-0.25, -0.2) is 0 Å². The average molecular weight is 367 g/mol. The number of nitrogens with zero attached hydrogens (tertiary/aromatic N) is 2. The Balaban J connectivity index is 2.14. The Morgan fingerprint density at radius 2 is 1.92 bits per heavy atom. The minimum Gasteiger partial charge on any atom is -0.493 e. The Morgan fingerprint density at radius 3 is 2.44 bits per heavy atom. The smallest absolute Gasteiger partial charge is 0.305 e. The number of carboxylic acids is 1. The van der Waals surface area contributed by atoms with Crippen LogP contribution >= 0.6 is 11.8 Å². The highest BCUT2D eigenvalue weighted by molar-refractivity contribution is 8.15. The lowest BCUT2D eigenvalue weighted by Crippen LogP contribution is -2.26. The molecule has 1 amide bonds. The summed E-state index contributed by atoms with van der Waals surface area (Å²) in [4.78, 5) is 22.3. The fourth-order valence-corrected chi connectivity index (χ4v) is 2.98. The van der Waals surface area contributed by atoms with Crippen LogP contribution in [0.25, 0.3) is 0 Å². The maximum Gasteiger partial charge on any atom is 0.305 e. The second kappa shape index (κ2) is 8.38. The van der Waals surface area contributed by atoms with E-state index in [1.165, 1.54) is 27.5 Å². The number of carbonyl (C=O) groups is 2. The van der Waals surface area contributed by atoms with Crippen LogP contribution in [0.2, 0.25) is 0 Å². The van der Waals surface area contributed by atoms with Crippen molar-refractivity contribution in [1.82, 2.24) is 5.32 Å². The van der Waals surface area contributed by atoms with Crippen LogP contribution in [0.4, 0.5) is 0 Å². The van der Waals surface area contributed by atoms with Gasteiger partial charge in [-0.1, -0.05) is 11.8 Å². The van der Waals surface area contributed by atoms with Crippen molar-refractivity contribution in [2.24, 2.45) is 10.2 Å². The van der Waals surface area contributed by atoms with Gasteiger partial charge in [0.25, 0.3) is 0 Å². The number of amides is 1. The number of thioether (sulfide) groups is 1. The van der Waals surface area contributed by atoms with Gasteiger partial charge in [0.15, 0.2) is 16.7 Å². The molecule has 1 aliphatic heterocycles. The van der Waals surface area contributed by atoms with Crippen molar-refractivity contribution in [1.29, 1.82) is 0 Å². The standard InChI is InChI=1S/C15H17N3O6S/c1-22-9-4-8(5-10(23-2)13(9)24-3)7-16-18-15-17-14(21)11(25-15)6-12(19)20/h4-5,7,11H,6H2,1-3H3,(H,19,20)(H,17,18,21)/b16-7+. The van der Waals surface area contributed by atoms with Crippen molar-refractivity contribution in [3.8, 4) is 17.2 Å². The molecule has 1 fully saturated rings. The van der Waals surface area contributed by atoms with E-state index in [1.807, 2.05) is 0 Å². The fraction of sp³-hybridized carbons (Fsp3) is 0.333. The molecule has 10 heteroatoms. The zero-order valence-electron chi connectivity index (χ0n) is 13.8. The molecule has 1 saturated heterocycles. The molecule has 1 unspecified atom stereocenters. The fourth-order valence-electron chi connectivity index (χ4n) is 2.07. The van der Waals surface area contributed by atoms with Gasteiger partial charge in [0.2, 0.25) is 11.7 Å². The van der Waals surface area contributed by atoms with E-state index in [0.29, 0.717) is 22.8 Å². The third kappa shape index (κ3) is 4.63. The summed E-state index contributed by atoms with van der Waals surface area (Å²) in [6.07, 6.45) is 1.18. The van der Waals surface area contributed by atoms with Gasteiger partial charge < -0.3 is 24.6 Å². The first-order valence-electron chi connectivity index (χ1n) is 7.08. The molecule has 0 radical (unpaired) electrons. The third-order valence-electron chi connectivity index (χ3n) is 3.18. The first-order valence-corrected chi connectivity index (χ1v) is 7.96. The van der Waals surface area contributed by atoms with Crippen molar-refractivity contribution in [2.45, 2.75) is 11.7 Å². The second-order valence-corrected chi connectivity index (χ2v) is 5.99. The van der Waals surface area contributed by atoms with Gasteiger partial charge in [-0.2, -0.15) is 5.10 Å². The van der Waals surface area contributed by atoms with Gasteiger partial charge in [-0.15, -0.1) is 5.10 Å². The summed E-state index contributed by atoms with van der Waals surface area (Å²) >= 11 is 1.03. The highest BCUT2D eigenvalue weighted by atomic mass is 32.2. The number of carbonyl (C=O) groups excluding carboxylic acids is 1. The molecule has 2 N–H and O–H groups in total. The van der Waals surface area contributed by atoms with E-state index in [4.69, 9.17) is 19.3 Å². The number of benzene rings is 1. The van der Waals surface area contributed by atoms with Crippen molar-refractivity contribution < 1.29 is 28.9 Å². The molecule has 134 valence electrons. The molecular weight excluding hydrogens is 350 g/mol. The minimum atomic E-state index is -1.05. The molecule has 0 aliphatic carbocycles. The lowest BCUT2D eigenvalue weighted by molar-refractivity contribution is -0.138. The zero-order valence-corrected chi connectivity index (χ0v) is 14.6. The van der Waals surface area contributed by atoms with Crippen LogP contribution in [-0.4, -0.2) is 54.9 Å². The predicted molar refractivity (Wildman–Crippen MR) is 92.9 cm³/mol.